The van der Waals surface area contributed by atoms with Gasteiger partial charge in [0.05, 0.1) is 18.9 Å². The van der Waals surface area contributed by atoms with Crippen LogP contribution >= 0.6 is 0 Å². The van der Waals surface area contributed by atoms with Crippen molar-refractivity contribution in [2.45, 2.75) is 31.9 Å². The summed E-state index contributed by atoms with van der Waals surface area (Å²) in [7, 11) is 0. The quantitative estimate of drug-likeness (QED) is 0.765. The smallest absolute Gasteiger partial charge is 0.225 e. The van der Waals surface area contributed by atoms with Gasteiger partial charge in [0, 0.05) is 37.3 Å². The zero-order chi connectivity index (χ0) is 11.7. The van der Waals surface area contributed by atoms with E-state index in [2.05, 4.69) is 14.9 Å². The predicted octanol–water partition coefficient (Wildman–Crippen LogP) is 0.477. The second-order valence-electron chi connectivity index (χ2n) is 4.79. The molecule has 5 nitrogen and oxygen atoms in total. The molecule has 2 N–H and O–H groups in total. The molecule has 2 aliphatic rings. The Bertz CT molecular complexity index is 409. The SMILES string of the molecule is N[C@@H]1CCCN(c2ncc3c(n2)CCOC3)C1. The molecule has 0 saturated carbocycles. The van der Waals surface area contributed by atoms with Crippen LogP contribution in [0.3, 0.4) is 0 Å². The molecule has 92 valence electrons. The fourth-order valence-corrected chi connectivity index (χ4v) is 2.46. The molecule has 1 saturated heterocycles. The molecule has 5 heteroatoms. The molecule has 0 aliphatic carbocycles. The molecule has 1 aromatic heterocycles. The standard InChI is InChI=1S/C12H18N4O/c13-10-2-1-4-16(7-10)12-14-6-9-8-17-5-3-11(9)15-12/h6,10H,1-5,7-8,13H2/t10-/m1/s1. The van der Waals surface area contributed by atoms with Crippen LogP contribution in [0.15, 0.2) is 6.20 Å². The lowest BCUT2D eigenvalue weighted by Crippen LogP contribution is -2.43. The van der Waals surface area contributed by atoms with Crippen molar-refractivity contribution in [2.24, 2.45) is 5.73 Å². The number of fused-ring (bicyclic) bond motifs is 1. The number of nitrogens with two attached hydrogens (primary N) is 1. The van der Waals surface area contributed by atoms with E-state index in [-0.39, 0.29) is 6.04 Å². The Morgan fingerprint density at radius 1 is 1.47 bits per heavy atom. The van der Waals surface area contributed by atoms with Crippen molar-refractivity contribution in [2.75, 3.05) is 24.6 Å². The zero-order valence-electron chi connectivity index (χ0n) is 9.93. The summed E-state index contributed by atoms with van der Waals surface area (Å²) in [5.74, 6) is 0.834. The van der Waals surface area contributed by atoms with E-state index < -0.39 is 0 Å². The second-order valence-corrected chi connectivity index (χ2v) is 4.79. The molecule has 1 aromatic rings. The minimum Gasteiger partial charge on any atom is -0.376 e. The monoisotopic (exact) mass is 234 g/mol. The largest absolute Gasteiger partial charge is 0.376 e. The molecule has 0 amide bonds. The molecule has 0 unspecified atom stereocenters. The van der Waals surface area contributed by atoms with E-state index in [4.69, 9.17) is 10.5 Å². The van der Waals surface area contributed by atoms with Gasteiger partial charge in [-0.3, -0.25) is 0 Å². The van der Waals surface area contributed by atoms with E-state index in [1.165, 1.54) is 0 Å². The number of rotatable bonds is 1. The Balaban J connectivity index is 1.83. The molecule has 0 spiro atoms. The molecule has 17 heavy (non-hydrogen) atoms. The molecule has 0 bridgehead atoms. The van der Waals surface area contributed by atoms with Gasteiger partial charge in [-0.2, -0.15) is 0 Å². The van der Waals surface area contributed by atoms with Gasteiger partial charge in [-0.1, -0.05) is 0 Å². The Hall–Kier alpha value is -1.20. The van der Waals surface area contributed by atoms with Crippen LogP contribution < -0.4 is 10.6 Å². The summed E-state index contributed by atoms with van der Waals surface area (Å²) in [5.41, 5.74) is 8.25. The van der Waals surface area contributed by atoms with Crippen LogP contribution in [0.1, 0.15) is 24.1 Å². The summed E-state index contributed by atoms with van der Waals surface area (Å²) < 4.78 is 5.38. The van der Waals surface area contributed by atoms with Crippen molar-refractivity contribution in [1.82, 2.24) is 9.97 Å². The summed E-state index contributed by atoms with van der Waals surface area (Å²) in [6.07, 6.45) is 5.03. The number of piperidine rings is 1. The third-order valence-electron chi connectivity index (χ3n) is 3.42. The van der Waals surface area contributed by atoms with E-state index in [1.807, 2.05) is 6.20 Å². The van der Waals surface area contributed by atoms with Gasteiger partial charge >= 0.3 is 0 Å². The van der Waals surface area contributed by atoms with E-state index in [0.29, 0.717) is 6.61 Å². The first kappa shape index (κ1) is 10.9. The first-order valence-electron chi connectivity index (χ1n) is 6.26. The van der Waals surface area contributed by atoms with Crippen molar-refractivity contribution < 1.29 is 4.74 Å². The third-order valence-corrected chi connectivity index (χ3v) is 3.42. The average Bonchev–Trinajstić information content (AvgIpc) is 2.38. The highest BCUT2D eigenvalue weighted by Crippen LogP contribution is 2.19. The topological polar surface area (TPSA) is 64.3 Å². The van der Waals surface area contributed by atoms with Crippen molar-refractivity contribution >= 4 is 5.95 Å². The number of aromatic nitrogens is 2. The lowest BCUT2D eigenvalue weighted by Gasteiger charge is -2.31. The van der Waals surface area contributed by atoms with Crippen LogP contribution in [-0.2, 0) is 17.8 Å². The maximum absolute atomic E-state index is 5.98. The summed E-state index contributed by atoms with van der Waals surface area (Å²) in [6, 6.07) is 0.256. The first-order chi connectivity index (χ1) is 8.33. The number of hydrogen-bond donors (Lipinski definition) is 1. The molecule has 3 rings (SSSR count). The number of hydrogen-bond acceptors (Lipinski definition) is 5. The van der Waals surface area contributed by atoms with Gasteiger partial charge in [0.1, 0.15) is 0 Å². The van der Waals surface area contributed by atoms with E-state index >= 15 is 0 Å². The van der Waals surface area contributed by atoms with Crippen LogP contribution in [-0.4, -0.2) is 35.7 Å². The highest BCUT2D eigenvalue weighted by Gasteiger charge is 2.20. The fourth-order valence-electron chi connectivity index (χ4n) is 2.46. The van der Waals surface area contributed by atoms with Crippen molar-refractivity contribution in [3.8, 4) is 0 Å². The highest BCUT2D eigenvalue weighted by molar-refractivity contribution is 5.34. The van der Waals surface area contributed by atoms with Crippen molar-refractivity contribution in [3.63, 3.8) is 0 Å². The summed E-state index contributed by atoms with van der Waals surface area (Å²) in [5, 5.41) is 0. The van der Waals surface area contributed by atoms with Crippen molar-refractivity contribution in [3.05, 3.63) is 17.5 Å². The van der Waals surface area contributed by atoms with Crippen LogP contribution in [0.25, 0.3) is 0 Å². The van der Waals surface area contributed by atoms with E-state index in [1.54, 1.807) is 0 Å². The van der Waals surface area contributed by atoms with Gasteiger partial charge in [0.2, 0.25) is 5.95 Å². The first-order valence-corrected chi connectivity index (χ1v) is 6.26. The average molecular weight is 234 g/mol. The number of ether oxygens (including phenoxy) is 1. The number of nitrogens with zero attached hydrogens (tertiary/aromatic N) is 3. The second kappa shape index (κ2) is 4.58. The summed E-state index contributed by atoms with van der Waals surface area (Å²) in [6.45, 7) is 3.30. The van der Waals surface area contributed by atoms with Crippen LogP contribution in [0, 0.1) is 0 Å². The van der Waals surface area contributed by atoms with Gasteiger partial charge in [0.25, 0.3) is 0 Å². The summed E-state index contributed by atoms with van der Waals surface area (Å²) >= 11 is 0. The Kier molecular flexibility index (Phi) is 2.94. The Morgan fingerprint density at radius 3 is 3.29 bits per heavy atom. The normalized spacial score (nSPS) is 24.5. The minimum atomic E-state index is 0.256. The van der Waals surface area contributed by atoms with Gasteiger partial charge in [-0.25, -0.2) is 9.97 Å². The lowest BCUT2D eigenvalue weighted by atomic mass is 10.1. The molecule has 0 radical (unpaired) electrons. The van der Waals surface area contributed by atoms with Crippen LogP contribution in [0.2, 0.25) is 0 Å². The third kappa shape index (κ3) is 2.25. The fraction of sp³-hybridized carbons (Fsp3) is 0.667. The minimum absolute atomic E-state index is 0.256. The molecule has 2 aliphatic heterocycles. The Labute approximate surface area is 101 Å². The zero-order valence-corrected chi connectivity index (χ0v) is 9.93. The van der Waals surface area contributed by atoms with Gasteiger partial charge in [-0.15, -0.1) is 0 Å². The highest BCUT2D eigenvalue weighted by atomic mass is 16.5. The van der Waals surface area contributed by atoms with Crippen LogP contribution in [0.4, 0.5) is 5.95 Å². The number of anilines is 1. The van der Waals surface area contributed by atoms with Crippen molar-refractivity contribution in [1.29, 1.82) is 0 Å². The van der Waals surface area contributed by atoms with Gasteiger partial charge < -0.3 is 15.4 Å². The molecule has 1 fully saturated rings. The van der Waals surface area contributed by atoms with E-state index in [9.17, 15) is 0 Å². The maximum Gasteiger partial charge on any atom is 0.225 e. The Morgan fingerprint density at radius 2 is 2.41 bits per heavy atom. The summed E-state index contributed by atoms with van der Waals surface area (Å²) in [4.78, 5) is 11.3. The van der Waals surface area contributed by atoms with Gasteiger partial charge in [0.15, 0.2) is 0 Å². The lowest BCUT2D eigenvalue weighted by molar-refractivity contribution is 0.109. The maximum atomic E-state index is 5.98. The van der Waals surface area contributed by atoms with Gasteiger partial charge in [-0.05, 0) is 12.8 Å². The molecule has 1 atom stereocenters. The molecule has 0 aromatic carbocycles. The molecule has 3 heterocycles. The predicted molar refractivity (Wildman–Crippen MR) is 64.8 cm³/mol. The molecular formula is C12H18N4O. The van der Waals surface area contributed by atoms with Crippen LogP contribution in [0.5, 0.6) is 0 Å². The van der Waals surface area contributed by atoms with E-state index in [0.717, 1.165) is 56.2 Å². The molecular weight excluding hydrogens is 216 g/mol.